The molecular weight excluding hydrogens is 324 g/mol. The van der Waals surface area contributed by atoms with Gasteiger partial charge in [0.15, 0.2) is 9.84 Å². The van der Waals surface area contributed by atoms with Crippen LogP contribution in [0.5, 0.6) is 0 Å². The molecule has 7 heteroatoms. The van der Waals surface area contributed by atoms with Crippen molar-refractivity contribution in [2.75, 3.05) is 12.4 Å². The maximum atomic E-state index is 12.1. The van der Waals surface area contributed by atoms with E-state index in [1.807, 2.05) is 13.8 Å². The van der Waals surface area contributed by atoms with Crippen LogP contribution in [0.2, 0.25) is 0 Å². The van der Waals surface area contributed by atoms with Gasteiger partial charge in [-0.2, -0.15) is 8.42 Å². The molecule has 0 amide bonds. The SMILES string of the molecule is CC[C@H]1C[C@@H](COS(=O)(=O)c2ccc(C)cc2)CCS1(=O)=O. The maximum Gasteiger partial charge on any atom is 0.296 e. The molecule has 1 saturated heterocycles. The summed E-state index contributed by atoms with van der Waals surface area (Å²) in [6.45, 7) is 3.77. The number of hydrogen-bond acceptors (Lipinski definition) is 5. The van der Waals surface area contributed by atoms with Crippen molar-refractivity contribution in [3.8, 4) is 0 Å². The van der Waals surface area contributed by atoms with Crippen LogP contribution < -0.4 is 0 Å². The minimum atomic E-state index is -3.78. The van der Waals surface area contributed by atoms with Crippen molar-refractivity contribution in [3.05, 3.63) is 29.8 Å². The van der Waals surface area contributed by atoms with E-state index in [9.17, 15) is 16.8 Å². The average molecular weight is 346 g/mol. The van der Waals surface area contributed by atoms with Crippen LogP contribution in [0, 0.1) is 12.8 Å². The van der Waals surface area contributed by atoms with Gasteiger partial charge in [0.25, 0.3) is 10.1 Å². The van der Waals surface area contributed by atoms with Gasteiger partial charge in [0.1, 0.15) is 0 Å². The van der Waals surface area contributed by atoms with E-state index in [1.165, 1.54) is 12.1 Å². The molecule has 1 heterocycles. The Morgan fingerprint density at radius 3 is 2.45 bits per heavy atom. The summed E-state index contributed by atoms with van der Waals surface area (Å²) < 4.78 is 53.1. The van der Waals surface area contributed by atoms with E-state index >= 15 is 0 Å². The van der Waals surface area contributed by atoms with Crippen molar-refractivity contribution in [3.63, 3.8) is 0 Å². The maximum absolute atomic E-state index is 12.1. The first-order valence-corrected chi connectivity index (χ1v) is 10.5. The highest BCUT2D eigenvalue weighted by atomic mass is 32.2. The van der Waals surface area contributed by atoms with E-state index in [4.69, 9.17) is 4.18 Å². The molecule has 0 radical (unpaired) electrons. The van der Waals surface area contributed by atoms with Crippen molar-refractivity contribution in [1.29, 1.82) is 0 Å². The smallest absolute Gasteiger partial charge is 0.266 e. The molecule has 0 aliphatic carbocycles. The summed E-state index contributed by atoms with van der Waals surface area (Å²) in [6.07, 6.45) is 1.49. The third-order valence-corrected chi connectivity index (χ3v) is 7.78. The van der Waals surface area contributed by atoms with Crippen LogP contribution in [-0.2, 0) is 24.1 Å². The predicted octanol–water partition coefficient (Wildman–Crippen LogP) is 2.30. The fourth-order valence-corrected chi connectivity index (χ4v) is 5.71. The number of rotatable bonds is 5. The molecule has 1 aromatic carbocycles. The highest BCUT2D eigenvalue weighted by molar-refractivity contribution is 7.92. The van der Waals surface area contributed by atoms with E-state index in [1.54, 1.807) is 12.1 Å². The van der Waals surface area contributed by atoms with Crippen LogP contribution in [0.15, 0.2) is 29.2 Å². The Morgan fingerprint density at radius 2 is 1.86 bits per heavy atom. The first kappa shape index (κ1) is 17.4. The summed E-state index contributed by atoms with van der Waals surface area (Å²) in [7, 11) is -6.80. The summed E-state index contributed by atoms with van der Waals surface area (Å²) >= 11 is 0. The molecule has 1 fully saturated rings. The van der Waals surface area contributed by atoms with Crippen LogP contribution in [0.1, 0.15) is 31.7 Å². The lowest BCUT2D eigenvalue weighted by atomic mass is 9.99. The quantitative estimate of drug-likeness (QED) is 0.765. The van der Waals surface area contributed by atoms with E-state index < -0.39 is 20.0 Å². The van der Waals surface area contributed by atoms with Crippen LogP contribution in [0.25, 0.3) is 0 Å². The zero-order valence-electron chi connectivity index (χ0n) is 12.9. The highest BCUT2D eigenvalue weighted by Gasteiger charge is 2.33. The van der Waals surface area contributed by atoms with Gasteiger partial charge in [0.05, 0.1) is 22.5 Å². The number of aryl methyl sites for hydroxylation is 1. The normalized spacial score (nSPS) is 25.0. The van der Waals surface area contributed by atoms with Gasteiger partial charge in [-0.05, 0) is 44.2 Å². The second-order valence-electron chi connectivity index (χ2n) is 5.84. The molecule has 0 N–H and O–H groups in total. The zero-order valence-corrected chi connectivity index (χ0v) is 14.5. The molecule has 124 valence electrons. The molecule has 0 spiro atoms. The monoisotopic (exact) mass is 346 g/mol. The Balaban J connectivity index is 1.99. The number of hydrogen-bond donors (Lipinski definition) is 0. The Morgan fingerprint density at radius 1 is 1.23 bits per heavy atom. The molecule has 0 bridgehead atoms. The van der Waals surface area contributed by atoms with Gasteiger partial charge in [-0.25, -0.2) is 8.42 Å². The second kappa shape index (κ2) is 6.68. The minimum Gasteiger partial charge on any atom is -0.266 e. The van der Waals surface area contributed by atoms with Crippen molar-refractivity contribution in [2.24, 2.45) is 5.92 Å². The highest BCUT2D eigenvalue weighted by Crippen LogP contribution is 2.28. The molecule has 2 rings (SSSR count). The lowest BCUT2D eigenvalue weighted by Crippen LogP contribution is -2.34. The predicted molar refractivity (Wildman–Crippen MR) is 84.9 cm³/mol. The zero-order chi connectivity index (χ0) is 16.4. The van der Waals surface area contributed by atoms with E-state index in [0.717, 1.165) is 5.56 Å². The van der Waals surface area contributed by atoms with Crippen LogP contribution >= 0.6 is 0 Å². The molecule has 1 aliphatic heterocycles. The first-order chi connectivity index (χ1) is 10.2. The Labute approximate surface area is 132 Å². The van der Waals surface area contributed by atoms with E-state index in [2.05, 4.69) is 0 Å². The molecule has 1 aliphatic rings. The molecule has 1 aromatic rings. The summed E-state index contributed by atoms with van der Waals surface area (Å²) in [5, 5.41) is -0.378. The molecular formula is C15H22O5S2. The molecule has 0 unspecified atom stereocenters. The van der Waals surface area contributed by atoms with Gasteiger partial charge < -0.3 is 0 Å². The lowest BCUT2D eigenvalue weighted by molar-refractivity contribution is 0.234. The number of benzene rings is 1. The van der Waals surface area contributed by atoms with Gasteiger partial charge in [-0.3, -0.25) is 4.18 Å². The van der Waals surface area contributed by atoms with Crippen LogP contribution in [0.3, 0.4) is 0 Å². The molecule has 2 atom stereocenters. The summed E-state index contributed by atoms with van der Waals surface area (Å²) in [4.78, 5) is 0.133. The third-order valence-electron chi connectivity index (χ3n) is 4.14. The Hall–Kier alpha value is -0.920. The summed E-state index contributed by atoms with van der Waals surface area (Å²) in [5.74, 6) is 0.0816. The van der Waals surface area contributed by atoms with Crippen molar-refractivity contribution in [1.82, 2.24) is 0 Å². The topological polar surface area (TPSA) is 77.5 Å². The van der Waals surface area contributed by atoms with Gasteiger partial charge in [0.2, 0.25) is 0 Å². The van der Waals surface area contributed by atoms with Crippen molar-refractivity contribution >= 4 is 20.0 Å². The van der Waals surface area contributed by atoms with Crippen molar-refractivity contribution in [2.45, 2.75) is 43.3 Å². The fourth-order valence-electron chi connectivity index (χ4n) is 2.66. The summed E-state index contributed by atoms with van der Waals surface area (Å²) in [5.41, 5.74) is 0.974. The van der Waals surface area contributed by atoms with Gasteiger partial charge >= 0.3 is 0 Å². The molecule has 0 saturated carbocycles. The van der Waals surface area contributed by atoms with E-state index in [0.29, 0.717) is 19.3 Å². The number of sulfone groups is 1. The van der Waals surface area contributed by atoms with Gasteiger partial charge in [0, 0.05) is 0 Å². The standard InChI is InChI=1S/C15H22O5S2/c1-3-14-10-13(8-9-21(14,16)17)11-20-22(18,19)15-6-4-12(2)5-7-15/h4-7,13-14H,3,8-11H2,1-2H3/t13-,14-/m0/s1. The molecule has 5 nitrogen and oxygen atoms in total. The first-order valence-electron chi connectivity index (χ1n) is 7.42. The Bertz CT molecular complexity index is 705. The molecule has 22 heavy (non-hydrogen) atoms. The summed E-state index contributed by atoms with van der Waals surface area (Å²) in [6, 6.07) is 6.47. The third kappa shape index (κ3) is 4.08. The molecule has 0 aromatic heterocycles. The van der Waals surface area contributed by atoms with E-state index in [-0.39, 0.29) is 28.4 Å². The average Bonchev–Trinajstić information content (AvgIpc) is 2.46. The largest absolute Gasteiger partial charge is 0.296 e. The minimum absolute atomic E-state index is 0.0336. The second-order valence-corrected chi connectivity index (χ2v) is 9.86. The van der Waals surface area contributed by atoms with Crippen LogP contribution in [-0.4, -0.2) is 34.4 Å². The van der Waals surface area contributed by atoms with Crippen molar-refractivity contribution < 1.29 is 21.0 Å². The van der Waals surface area contributed by atoms with Gasteiger partial charge in [-0.1, -0.05) is 24.6 Å². The van der Waals surface area contributed by atoms with Gasteiger partial charge in [-0.15, -0.1) is 0 Å². The van der Waals surface area contributed by atoms with Crippen LogP contribution in [0.4, 0.5) is 0 Å². The lowest BCUT2D eigenvalue weighted by Gasteiger charge is -2.28. The fraction of sp³-hybridized carbons (Fsp3) is 0.600. The Kier molecular flexibility index (Phi) is 5.29.